The van der Waals surface area contributed by atoms with Crippen molar-refractivity contribution in [1.29, 1.82) is 0 Å². The molecule has 0 aromatic rings. The van der Waals surface area contributed by atoms with Crippen LogP contribution < -0.4 is 0 Å². The van der Waals surface area contributed by atoms with Crippen molar-refractivity contribution in [3.63, 3.8) is 0 Å². The van der Waals surface area contributed by atoms with Crippen LogP contribution in [0.2, 0.25) is 0 Å². The van der Waals surface area contributed by atoms with E-state index in [9.17, 15) is 20.4 Å². The Kier molecular flexibility index (Phi) is 7.93. The molecule has 0 aliphatic rings. The molecular weight excluding hydrogens is 240 g/mol. The lowest BCUT2D eigenvalue weighted by Gasteiger charge is -2.33. The van der Waals surface area contributed by atoms with Gasteiger partial charge in [-0.05, 0) is 0 Å². The molecule has 0 spiro atoms. The monoisotopic (exact) mass is 266 g/mol. The van der Waals surface area contributed by atoms with Gasteiger partial charge in [-0.3, -0.25) is 0 Å². The standard InChI is InChI=1S/C12H26O6/c1-6(4-13)9(15)11(17)8(3)12(18)10(16)7(2)5-14/h6-18H,4-5H2,1-3H3/t6-,7+,8?,9-,10+,11-,12+. The highest BCUT2D eigenvalue weighted by Gasteiger charge is 2.35. The summed E-state index contributed by atoms with van der Waals surface area (Å²) in [5.74, 6) is -1.83. The Bertz CT molecular complexity index is 203. The summed E-state index contributed by atoms with van der Waals surface area (Å²) in [6, 6.07) is 0. The average Bonchev–Trinajstić information content (AvgIpc) is 2.40. The van der Waals surface area contributed by atoms with Gasteiger partial charge < -0.3 is 30.6 Å². The number of hydrogen-bond donors (Lipinski definition) is 6. The zero-order valence-electron chi connectivity index (χ0n) is 11.1. The van der Waals surface area contributed by atoms with Crippen LogP contribution in [0.3, 0.4) is 0 Å². The Morgan fingerprint density at radius 2 is 0.889 bits per heavy atom. The van der Waals surface area contributed by atoms with Gasteiger partial charge in [-0.1, -0.05) is 20.8 Å². The minimum absolute atomic E-state index is 0.281. The second-order valence-corrected chi connectivity index (χ2v) is 5.14. The van der Waals surface area contributed by atoms with E-state index in [-0.39, 0.29) is 13.2 Å². The van der Waals surface area contributed by atoms with E-state index in [4.69, 9.17) is 10.2 Å². The molecule has 0 fully saturated rings. The third-order valence-electron chi connectivity index (χ3n) is 3.52. The van der Waals surface area contributed by atoms with Gasteiger partial charge in [-0.25, -0.2) is 0 Å². The Balaban J connectivity index is 4.57. The van der Waals surface area contributed by atoms with Gasteiger partial charge in [0, 0.05) is 31.0 Å². The summed E-state index contributed by atoms with van der Waals surface area (Å²) in [5.41, 5.74) is 0. The van der Waals surface area contributed by atoms with Crippen LogP contribution >= 0.6 is 0 Å². The SMILES string of the molecule is CC([C@@H](O)[C@H](O)[C@H](C)CO)[C@H](O)[C@@H](O)[C@@H](C)CO. The lowest BCUT2D eigenvalue weighted by atomic mass is 9.84. The first-order valence-electron chi connectivity index (χ1n) is 6.21. The molecule has 18 heavy (non-hydrogen) atoms. The van der Waals surface area contributed by atoms with Crippen LogP contribution in [0.4, 0.5) is 0 Å². The molecule has 0 rings (SSSR count). The number of rotatable bonds is 8. The minimum atomic E-state index is -1.26. The lowest BCUT2D eigenvalue weighted by molar-refractivity contribution is -0.115. The highest BCUT2D eigenvalue weighted by atomic mass is 16.3. The third-order valence-corrected chi connectivity index (χ3v) is 3.52. The van der Waals surface area contributed by atoms with E-state index in [1.54, 1.807) is 13.8 Å². The van der Waals surface area contributed by atoms with Crippen molar-refractivity contribution in [3.8, 4) is 0 Å². The topological polar surface area (TPSA) is 121 Å². The molecule has 0 saturated heterocycles. The maximum atomic E-state index is 9.87. The molecule has 110 valence electrons. The molecule has 6 heteroatoms. The summed E-state index contributed by atoms with van der Waals surface area (Å²) in [6.07, 6.45) is -4.89. The number of aliphatic hydroxyl groups excluding tert-OH is 6. The predicted octanol–water partition coefficient (Wildman–Crippen LogP) is -1.68. The quantitative estimate of drug-likeness (QED) is 0.312. The van der Waals surface area contributed by atoms with Gasteiger partial charge in [0.2, 0.25) is 0 Å². The van der Waals surface area contributed by atoms with Gasteiger partial charge >= 0.3 is 0 Å². The Morgan fingerprint density at radius 1 is 0.611 bits per heavy atom. The van der Waals surface area contributed by atoms with Crippen molar-refractivity contribution in [1.82, 2.24) is 0 Å². The Hall–Kier alpha value is -0.240. The van der Waals surface area contributed by atoms with Crippen molar-refractivity contribution in [2.75, 3.05) is 13.2 Å². The first-order valence-corrected chi connectivity index (χ1v) is 6.21. The molecule has 7 atom stereocenters. The smallest absolute Gasteiger partial charge is 0.0853 e. The van der Waals surface area contributed by atoms with Gasteiger partial charge in [0.1, 0.15) is 0 Å². The molecular formula is C12H26O6. The van der Waals surface area contributed by atoms with Gasteiger partial charge in [-0.15, -0.1) is 0 Å². The van der Waals surface area contributed by atoms with Crippen molar-refractivity contribution < 1.29 is 30.6 Å². The molecule has 0 bridgehead atoms. The summed E-state index contributed by atoms with van der Waals surface area (Å²) in [4.78, 5) is 0. The summed E-state index contributed by atoms with van der Waals surface area (Å²) < 4.78 is 0. The van der Waals surface area contributed by atoms with Crippen molar-refractivity contribution in [3.05, 3.63) is 0 Å². The summed E-state index contributed by atoms with van der Waals surface area (Å²) in [5, 5.41) is 57.0. The zero-order valence-corrected chi connectivity index (χ0v) is 11.1. The molecule has 0 aromatic heterocycles. The number of aliphatic hydroxyl groups is 6. The van der Waals surface area contributed by atoms with E-state index in [1.165, 1.54) is 6.92 Å². The fourth-order valence-corrected chi connectivity index (χ4v) is 1.71. The summed E-state index contributed by atoms with van der Waals surface area (Å²) in [7, 11) is 0. The van der Waals surface area contributed by atoms with Crippen LogP contribution in [0.15, 0.2) is 0 Å². The van der Waals surface area contributed by atoms with Gasteiger partial charge in [0.25, 0.3) is 0 Å². The first kappa shape index (κ1) is 17.8. The lowest BCUT2D eigenvalue weighted by Crippen LogP contribution is -2.47. The molecule has 0 aliphatic heterocycles. The fourth-order valence-electron chi connectivity index (χ4n) is 1.71. The highest BCUT2D eigenvalue weighted by Crippen LogP contribution is 2.21. The van der Waals surface area contributed by atoms with Crippen LogP contribution in [0, 0.1) is 17.8 Å². The average molecular weight is 266 g/mol. The Morgan fingerprint density at radius 3 is 1.11 bits per heavy atom. The predicted molar refractivity (Wildman–Crippen MR) is 65.7 cm³/mol. The molecule has 0 saturated carbocycles. The molecule has 0 aromatic carbocycles. The molecule has 6 nitrogen and oxygen atoms in total. The maximum absolute atomic E-state index is 9.87. The third kappa shape index (κ3) is 4.46. The van der Waals surface area contributed by atoms with Crippen LogP contribution in [0.1, 0.15) is 20.8 Å². The van der Waals surface area contributed by atoms with Crippen LogP contribution in [0.5, 0.6) is 0 Å². The number of hydrogen-bond acceptors (Lipinski definition) is 6. The maximum Gasteiger partial charge on any atom is 0.0853 e. The van der Waals surface area contributed by atoms with Gasteiger partial charge in [0.05, 0.1) is 24.4 Å². The fraction of sp³-hybridized carbons (Fsp3) is 1.00. The minimum Gasteiger partial charge on any atom is -0.396 e. The second-order valence-electron chi connectivity index (χ2n) is 5.14. The first-order chi connectivity index (χ1) is 8.27. The normalized spacial score (nSPS) is 23.8. The van der Waals surface area contributed by atoms with Gasteiger partial charge in [-0.2, -0.15) is 0 Å². The van der Waals surface area contributed by atoms with E-state index in [0.29, 0.717) is 0 Å². The van der Waals surface area contributed by atoms with Crippen molar-refractivity contribution in [2.24, 2.45) is 17.8 Å². The van der Waals surface area contributed by atoms with E-state index in [0.717, 1.165) is 0 Å². The van der Waals surface area contributed by atoms with Crippen LogP contribution in [-0.4, -0.2) is 68.3 Å². The molecule has 0 radical (unpaired) electrons. The second kappa shape index (κ2) is 8.04. The van der Waals surface area contributed by atoms with E-state index >= 15 is 0 Å². The zero-order chi connectivity index (χ0) is 14.5. The largest absolute Gasteiger partial charge is 0.396 e. The summed E-state index contributed by atoms with van der Waals surface area (Å²) in [6.45, 7) is 4.07. The molecule has 0 aliphatic carbocycles. The van der Waals surface area contributed by atoms with Crippen LogP contribution in [-0.2, 0) is 0 Å². The van der Waals surface area contributed by atoms with Crippen molar-refractivity contribution >= 4 is 0 Å². The summed E-state index contributed by atoms with van der Waals surface area (Å²) >= 11 is 0. The highest BCUT2D eigenvalue weighted by molar-refractivity contribution is 4.85. The molecule has 1 unspecified atom stereocenters. The van der Waals surface area contributed by atoms with Gasteiger partial charge in [0.15, 0.2) is 0 Å². The van der Waals surface area contributed by atoms with E-state index in [1.807, 2.05) is 0 Å². The molecule has 6 N–H and O–H groups in total. The molecule has 0 heterocycles. The van der Waals surface area contributed by atoms with E-state index in [2.05, 4.69) is 0 Å². The molecule has 0 amide bonds. The van der Waals surface area contributed by atoms with Crippen LogP contribution in [0.25, 0.3) is 0 Å². The van der Waals surface area contributed by atoms with Crippen molar-refractivity contribution in [2.45, 2.75) is 45.2 Å². The van der Waals surface area contributed by atoms with E-state index < -0.39 is 42.2 Å². The Labute approximate surface area is 108 Å².